The van der Waals surface area contributed by atoms with Gasteiger partial charge in [-0.05, 0) is 37.6 Å². The van der Waals surface area contributed by atoms with E-state index in [1.54, 1.807) is 44.4 Å². The van der Waals surface area contributed by atoms with Crippen LogP contribution in [0.1, 0.15) is 28.7 Å². The van der Waals surface area contributed by atoms with E-state index in [0.29, 0.717) is 24.6 Å². The van der Waals surface area contributed by atoms with Gasteiger partial charge in [-0.25, -0.2) is 18.1 Å². The van der Waals surface area contributed by atoms with Gasteiger partial charge in [0.15, 0.2) is 5.89 Å². The van der Waals surface area contributed by atoms with Crippen molar-refractivity contribution < 1.29 is 17.9 Å². The summed E-state index contributed by atoms with van der Waals surface area (Å²) in [6, 6.07) is 10.3. The summed E-state index contributed by atoms with van der Waals surface area (Å²) in [5, 5.41) is 9.54. The number of nitrogens with zero attached hydrogens (tertiary/aromatic N) is 1. The molecular weight excluding hydrogens is 372 g/mol. The van der Waals surface area contributed by atoms with Gasteiger partial charge in [0.05, 0.1) is 11.0 Å². The first kappa shape index (κ1) is 18.8. The normalized spacial score (nSPS) is 13.0. The third-order valence-corrected chi connectivity index (χ3v) is 6.63. The number of aliphatic hydroxyl groups is 1. The zero-order valence-corrected chi connectivity index (χ0v) is 16.1. The molecule has 1 atom stereocenters. The Hall–Kier alpha value is -2.00. The van der Waals surface area contributed by atoms with Crippen LogP contribution in [0.25, 0.3) is 11.3 Å². The maximum absolute atomic E-state index is 12.4. The standard InChI is InChI=1S/C18H20N2O4S2/c1-12(21)18-8-5-15(25-18)9-10-19-26(22,23)16-6-3-14(4-7-16)17-11-24-13(2)20-17/h3-8,11-12,19,21H,9-10H2,1-2H3. The number of benzene rings is 1. The van der Waals surface area contributed by atoms with Gasteiger partial charge in [-0.3, -0.25) is 0 Å². The summed E-state index contributed by atoms with van der Waals surface area (Å²) in [7, 11) is -3.57. The minimum absolute atomic E-state index is 0.206. The van der Waals surface area contributed by atoms with Gasteiger partial charge in [-0.2, -0.15) is 0 Å². The third-order valence-electron chi connectivity index (χ3n) is 3.84. The van der Waals surface area contributed by atoms with Gasteiger partial charge < -0.3 is 9.52 Å². The number of sulfonamides is 1. The summed E-state index contributed by atoms with van der Waals surface area (Å²) < 4.78 is 32.6. The SMILES string of the molecule is Cc1nc(-c2ccc(S(=O)(=O)NCCc3ccc(C(C)O)s3)cc2)co1. The second kappa shape index (κ2) is 7.71. The van der Waals surface area contributed by atoms with Crippen LogP contribution in [0.2, 0.25) is 0 Å². The number of hydrogen-bond donors (Lipinski definition) is 2. The number of aliphatic hydroxyl groups excluding tert-OH is 1. The molecule has 0 saturated heterocycles. The smallest absolute Gasteiger partial charge is 0.240 e. The van der Waals surface area contributed by atoms with Crippen LogP contribution in [-0.4, -0.2) is 25.1 Å². The van der Waals surface area contributed by atoms with E-state index in [2.05, 4.69) is 9.71 Å². The van der Waals surface area contributed by atoms with Gasteiger partial charge in [0.1, 0.15) is 12.0 Å². The number of hydrogen-bond acceptors (Lipinski definition) is 6. The van der Waals surface area contributed by atoms with Crippen LogP contribution >= 0.6 is 11.3 Å². The molecule has 0 spiro atoms. The van der Waals surface area contributed by atoms with E-state index in [9.17, 15) is 13.5 Å². The Morgan fingerprint density at radius 1 is 1.23 bits per heavy atom. The van der Waals surface area contributed by atoms with E-state index in [-0.39, 0.29) is 4.90 Å². The predicted octanol–water partition coefficient (Wildman–Crippen LogP) is 3.29. The quantitative estimate of drug-likeness (QED) is 0.644. The second-order valence-electron chi connectivity index (χ2n) is 5.90. The van der Waals surface area contributed by atoms with Crippen LogP contribution in [0, 0.1) is 6.92 Å². The Balaban J connectivity index is 1.62. The second-order valence-corrected chi connectivity index (χ2v) is 8.87. The van der Waals surface area contributed by atoms with Crippen LogP contribution in [0.3, 0.4) is 0 Å². The fourth-order valence-electron chi connectivity index (χ4n) is 2.45. The zero-order chi connectivity index (χ0) is 18.7. The number of rotatable bonds is 7. The molecule has 138 valence electrons. The predicted molar refractivity (Wildman–Crippen MR) is 101 cm³/mol. The van der Waals surface area contributed by atoms with Crippen LogP contribution in [-0.2, 0) is 16.4 Å². The van der Waals surface area contributed by atoms with E-state index in [4.69, 9.17) is 4.42 Å². The summed E-state index contributed by atoms with van der Waals surface area (Å²) in [5.74, 6) is 0.561. The first-order valence-corrected chi connectivity index (χ1v) is 10.4. The van der Waals surface area contributed by atoms with E-state index < -0.39 is 16.1 Å². The monoisotopic (exact) mass is 392 g/mol. The summed E-state index contributed by atoms with van der Waals surface area (Å²) in [4.78, 5) is 6.33. The van der Waals surface area contributed by atoms with Crippen LogP contribution in [0.4, 0.5) is 0 Å². The van der Waals surface area contributed by atoms with Crippen molar-refractivity contribution in [2.24, 2.45) is 0 Å². The van der Waals surface area contributed by atoms with E-state index in [0.717, 1.165) is 15.3 Å². The molecule has 0 radical (unpaired) electrons. The molecule has 1 aromatic carbocycles. The lowest BCUT2D eigenvalue weighted by molar-refractivity contribution is 0.203. The lowest BCUT2D eigenvalue weighted by Gasteiger charge is -2.07. The third kappa shape index (κ3) is 4.39. The molecule has 6 nitrogen and oxygen atoms in total. The first-order chi connectivity index (χ1) is 12.3. The van der Waals surface area contributed by atoms with Crippen LogP contribution in [0.5, 0.6) is 0 Å². The minimum Gasteiger partial charge on any atom is -0.449 e. The topological polar surface area (TPSA) is 92.4 Å². The van der Waals surface area contributed by atoms with Gasteiger partial charge in [0.2, 0.25) is 10.0 Å². The van der Waals surface area contributed by atoms with Crippen molar-refractivity contribution in [2.45, 2.75) is 31.3 Å². The van der Waals surface area contributed by atoms with Crippen molar-refractivity contribution in [2.75, 3.05) is 6.54 Å². The summed E-state index contributed by atoms with van der Waals surface area (Å²) >= 11 is 1.49. The highest BCUT2D eigenvalue weighted by Gasteiger charge is 2.14. The molecular formula is C18H20N2O4S2. The Bertz CT molecular complexity index is 973. The Labute approximate surface area is 156 Å². The van der Waals surface area contributed by atoms with Crippen molar-refractivity contribution in [3.8, 4) is 11.3 Å². The molecule has 2 N–H and O–H groups in total. The van der Waals surface area contributed by atoms with Gasteiger partial charge in [0, 0.05) is 28.8 Å². The molecule has 8 heteroatoms. The van der Waals surface area contributed by atoms with Crippen molar-refractivity contribution in [3.05, 3.63) is 58.3 Å². The number of aromatic nitrogens is 1. The Morgan fingerprint density at radius 3 is 2.54 bits per heavy atom. The molecule has 0 bridgehead atoms. The highest BCUT2D eigenvalue weighted by molar-refractivity contribution is 7.89. The lowest BCUT2D eigenvalue weighted by atomic mass is 10.2. The van der Waals surface area contributed by atoms with Crippen molar-refractivity contribution in [1.82, 2.24) is 9.71 Å². The molecule has 0 aliphatic rings. The number of thiophene rings is 1. The molecule has 3 rings (SSSR count). The molecule has 2 aromatic heterocycles. The van der Waals surface area contributed by atoms with E-state index in [1.165, 1.54) is 11.3 Å². The number of oxazole rings is 1. The summed E-state index contributed by atoms with van der Waals surface area (Å²) in [6.07, 6.45) is 1.62. The first-order valence-electron chi connectivity index (χ1n) is 8.14. The van der Waals surface area contributed by atoms with Crippen molar-refractivity contribution >= 4 is 21.4 Å². The maximum atomic E-state index is 12.4. The fourth-order valence-corrected chi connectivity index (χ4v) is 4.43. The fraction of sp³-hybridized carbons (Fsp3) is 0.278. The van der Waals surface area contributed by atoms with Crippen LogP contribution < -0.4 is 4.72 Å². The van der Waals surface area contributed by atoms with Gasteiger partial charge in [-0.1, -0.05) is 12.1 Å². The minimum atomic E-state index is -3.57. The number of aryl methyl sites for hydroxylation is 1. The lowest BCUT2D eigenvalue weighted by Crippen LogP contribution is -2.25. The van der Waals surface area contributed by atoms with Gasteiger partial charge in [-0.15, -0.1) is 11.3 Å². The Morgan fingerprint density at radius 2 is 1.96 bits per heavy atom. The Kier molecular flexibility index (Phi) is 5.57. The maximum Gasteiger partial charge on any atom is 0.240 e. The largest absolute Gasteiger partial charge is 0.449 e. The van der Waals surface area contributed by atoms with Gasteiger partial charge in [0.25, 0.3) is 0 Å². The molecule has 2 heterocycles. The average Bonchev–Trinajstić information content (AvgIpc) is 3.24. The number of nitrogens with one attached hydrogen (secondary N) is 1. The molecule has 3 aromatic rings. The zero-order valence-electron chi connectivity index (χ0n) is 14.5. The molecule has 0 aliphatic heterocycles. The van der Waals surface area contributed by atoms with E-state index in [1.807, 2.05) is 12.1 Å². The highest BCUT2D eigenvalue weighted by atomic mass is 32.2. The molecule has 0 fully saturated rings. The van der Waals surface area contributed by atoms with Crippen molar-refractivity contribution in [1.29, 1.82) is 0 Å². The van der Waals surface area contributed by atoms with E-state index >= 15 is 0 Å². The van der Waals surface area contributed by atoms with Crippen LogP contribution in [0.15, 0.2) is 52.0 Å². The van der Waals surface area contributed by atoms with Gasteiger partial charge >= 0.3 is 0 Å². The molecule has 0 aliphatic carbocycles. The molecule has 1 unspecified atom stereocenters. The molecule has 26 heavy (non-hydrogen) atoms. The molecule has 0 amide bonds. The summed E-state index contributed by atoms with van der Waals surface area (Å²) in [6.45, 7) is 3.76. The highest BCUT2D eigenvalue weighted by Crippen LogP contribution is 2.23. The molecule has 0 saturated carbocycles. The van der Waals surface area contributed by atoms with Crippen molar-refractivity contribution in [3.63, 3.8) is 0 Å². The average molecular weight is 393 g/mol. The summed E-state index contributed by atoms with van der Waals surface area (Å²) in [5.41, 5.74) is 1.47.